The second-order valence-corrected chi connectivity index (χ2v) is 15.1. The van der Waals surface area contributed by atoms with Crippen LogP contribution in [-0.2, 0) is 0 Å². The third kappa shape index (κ3) is 8.59. The van der Waals surface area contributed by atoms with Crippen LogP contribution < -0.4 is 10.6 Å². The van der Waals surface area contributed by atoms with Gasteiger partial charge in [-0.3, -0.25) is 19.9 Å². The molecule has 300 valence electrons. The molecule has 6 heterocycles. The molecule has 0 fully saturated rings. The van der Waals surface area contributed by atoms with Gasteiger partial charge in [0.15, 0.2) is 10.2 Å². The Balaban J connectivity index is 0.000000158. The summed E-state index contributed by atoms with van der Waals surface area (Å²) < 4.78 is 3.40. The quantitative estimate of drug-likeness (QED) is 0.157. The Bertz CT molecular complexity index is 2990. The normalized spacial score (nSPS) is 10.9. The van der Waals surface area contributed by atoms with E-state index in [0.29, 0.717) is 10.2 Å². The van der Waals surface area contributed by atoms with Gasteiger partial charge in [-0.25, -0.2) is 9.36 Å². The first kappa shape index (κ1) is 39.6. The van der Waals surface area contributed by atoms with Crippen LogP contribution in [0.2, 0.25) is 0 Å². The highest BCUT2D eigenvalue weighted by molar-refractivity contribution is 7.80. The van der Waals surface area contributed by atoms with E-state index in [0.717, 1.165) is 89.6 Å². The van der Waals surface area contributed by atoms with Gasteiger partial charge in [0.25, 0.3) is 0 Å². The largest absolute Gasteiger partial charge is 0.331 e. The second kappa shape index (κ2) is 17.8. The lowest BCUT2D eigenvalue weighted by Crippen LogP contribution is -2.19. The van der Waals surface area contributed by atoms with Gasteiger partial charge in [0.1, 0.15) is 11.4 Å². The highest BCUT2D eigenvalue weighted by Crippen LogP contribution is 2.36. The lowest BCUT2D eigenvalue weighted by atomic mass is 10.0. The fraction of sp³-hybridized carbons (Fsp3) is 0.0400. The fourth-order valence-corrected chi connectivity index (χ4v) is 7.57. The minimum Gasteiger partial charge on any atom is -0.331 e. The highest BCUT2D eigenvalue weighted by Gasteiger charge is 2.20. The van der Waals surface area contributed by atoms with Crippen LogP contribution in [0.25, 0.3) is 66.8 Å². The molecule has 0 amide bonds. The van der Waals surface area contributed by atoms with E-state index in [2.05, 4.69) is 32.7 Å². The van der Waals surface area contributed by atoms with E-state index in [4.69, 9.17) is 44.6 Å². The molecule has 10 aromatic rings. The molecule has 2 N–H and O–H groups in total. The predicted octanol–water partition coefficient (Wildman–Crippen LogP) is 11.4. The number of hydrogen-bond acceptors (Lipinski definition) is 8. The number of para-hydroxylation sites is 4. The highest BCUT2D eigenvalue weighted by atomic mass is 32.1. The van der Waals surface area contributed by atoms with Crippen molar-refractivity contribution in [2.75, 3.05) is 10.6 Å². The summed E-state index contributed by atoms with van der Waals surface area (Å²) in [4.78, 5) is 18.4. The Morgan fingerprint density at radius 3 is 1.26 bits per heavy atom. The maximum atomic E-state index is 5.65. The molecule has 6 aromatic heterocycles. The number of nitrogens with zero attached hydrogens (tertiary/aromatic N) is 8. The molecule has 0 saturated carbocycles. The minimum atomic E-state index is 0.490. The van der Waals surface area contributed by atoms with Crippen LogP contribution in [-0.4, -0.2) is 49.7 Å². The molecule has 0 aliphatic heterocycles. The summed E-state index contributed by atoms with van der Waals surface area (Å²) in [5.41, 5.74) is 12.7. The van der Waals surface area contributed by atoms with Gasteiger partial charge >= 0.3 is 0 Å². The molecule has 4 aromatic carbocycles. The van der Waals surface area contributed by atoms with Crippen LogP contribution >= 0.6 is 24.4 Å². The molecule has 0 bridgehead atoms. The topological polar surface area (TPSA) is 111 Å². The van der Waals surface area contributed by atoms with Crippen molar-refractivity contribution in [2.45, 2.75) is 13.8 Å². The molecule has 62 heavy (non-hydrogen) atoms. The van der Waals surface area contributed by atoms with Crippen LogP contribution in [0.1, 0.15) is 11.4 Å². The van der Waals surface area contributed by atoms with Crippen molar-refractivity contribution in [2.24, 2.45) is 0 Å². The molecule has 12 heteroatoms. The molecule has 10 nitrogen and oxygen atoms in total. The molecule has 0 aliphatic carbocycles. The number of aryl methyl sites for hydroxylation is 2. The predicted molar refractivity (Wildman–Crippen MR) is 258 cm³/mol. The van der Waals surface area contributed by atoms with E-state index in [9.17, 15) is 0 Å². The number of aromatic nitrogens is 8. The number of nitrogens with one attached hydrogen (secondary N) is 2. The second-order valence-electron chi connectivity index (χ2n) is 14.3. The molecular formula is C50H38N10S2. The Hall–Kier alpha value is -7.80. The first-order chi connectivity index (χ1) is 30.4. The molecule has 0 radical (unpaired) electrons. The summed E-state index contributed by atoms with van der Waals surface area (Å²) in [5.74, 6) is 0. The van der Waals surface area contributed by atoms with Crippen molar-refractivity contribution >= 4 is 67.8 Å². The van der Waals surface area contributed by atoms with E-state index >= 15 is 0 Å². The number of thiocarbonyl (C=S) groups is 2. The summed E-state index contributed by atoms with van der Waals surface area (Å²) >= 11 is 11.3. The van der Waals surface area contributed by atoms with Gasteiger partial charge in [-0.05, 0) is 122 Å². The Labute approximate surface area is 369 Å². The van der Waals surface area contributed by atoms with Gasteiger partial charge in [0, 0.05) is 69.4 Å². The molecule has 0 unspecified atom stereocenters. The SMILES string of the molecule is Cc1cccc(-c2nn(C(=S)Nc3ccccc3)cc2-c2ccnc3ccccc23)n1.Cc1cccc(-c2nn(C(=S)Nc3ccccc3)cc2-c2ccnc3ccccc23)n1. The summed E-state index contributed by atoms with van der Waals surface area (Å²) in [7, 11) is 0. The van der Waals surface area contributed by atoms with Gasteiger partial charge in [-0.2, -0.15) is 10.2 Å². The minimum absolute atomic E-state index is 0.490. The van der Waals surface area contributed by atoms with Crippen LogP contribution in [0.3, 0.4) is 0 Å². The van der Waals surface area contributed by atoms with Gasteiger partial charge < -0.3 is 10.6 Å². The number of anilines is 2. The standard InChI is InChI=1S/2C25H19N5S/c2*1-17-8-7-13-23(27-17)24-21(19-14-15-26-22-12-6-5-11-20(19)22)16-30(29-24)25(31)28-18-9-3-2-4-10-18/h2*2-16H,1H3,(H,28,31). The summed E-state index contributed by atoms with van der Waals surface area (Å²) in [6, 6.07) is 51.7. The Kier molecular flexibility index (Phi) is 11.4. The van der Waals surface area contributed by atoms with Crippen LogP contribution in [0.15, 0.2) is 183 Å². The van der Waals surface area contributed by atoms with E-state index in [1.54, 1.807) is 9.36 Å². The molecular weight excluding hydrogens is 805 g/mol. The first-order valence-electron chi connectivity index (χ1n) is 19.9. The lowest BCUT2D eigenvalue weighted by Gasteiger charge is -2.07. The molecule has 0 saturated heterocycles. The Morgan fingerprint density at radius 2 is 0.839 bits per heavy atom. The van der Waals surface area contributed by atoms with Crippen molar-refractivity contribution in [3.05, 3.63) is 194 Å². The summed E-state index contributed by atoms with van der Waals surface area (Å²) in [5, 5.41) is 19.3. The summed E-state index contributed by atoms with van der Waals surface area (Å²) in [6.07, 6.45) is 7.56. The zero-order valence-corrected chi connectivity index (χ0v) is 35.3. The molecule has 0 atom stereocenters. The average Bonchev–Trinajstić information content (AvgIpc) is 3.96. The van der Waals surface area contributed by atoms with E-state index in [1.807, 2.05) is 184 Å². The van der Waals surface area contributed by atoms with Crippen molar-refractivity contribution in [1.82, 2.24) is 39.5 Å². The smallest absolute Gasteiger partial charge is 0.198 e. The van der Waals surface area contributed by atoms with Crippen LogP contribution in [0.4, 0.5) is 11.4 Å². The van der Waals surface area contributed by atoms with E-state index in [-0.39, 0.29) is 0 Å². The fourth-order valence-electron chi connectivity index (χ4n) is 7.14. The lowest BCUT2D eigenvalue weighted by molar-refractivity contribution is 0.947. The third-order valence-electron chi connectivity index (χ3n) is 10.0. The first-order valence-corrected chi connectivity index (χ1v) is 20.7. The zero-order chi connectivity index (χ0) is 42.4. The number of fused-ring (bicyclic) bond motifs is 2. The number of hydrogen-bond donors (Lipinski definition) is 2. The third-order valence-corrected chi connectivity index (χ3v) is 10.6. The van der Waals surface area contributed by atoms with Gasteiger partial charge in [-0.15, -0.1) is 0 Å². The number of benzene rings is 4. The van der Waals surface area contributed by atoms with E-state index < -0.39 is 0 Å². The van der Waals surface area contributed by atoms with Gasteiger partial charge in [0.2, 0.25) is 0 Å². The zero-order valence-electron chi connectivity index (χ0n) is 33.7. The molecule has 0 spiro atoms. The van der Waals surface area contributed by atoms with Gasteiger partial charge in [-0.1, -0.05) is 84.9 Å². The van der Waals surface area contributed by atoms with Gasteiger partial charge in [0.05, 0.1) is 22.4 Å². The number of rotatable bonds is 6. The van der Waals surface area contributed by atoms with E-state index in [1.165, 1.54) is 0 Å². The van der Waals surface area contributed by atoms with Crippen molar-refractivity contribution < 1.29 is 0 Å². The van der Waals surface area contributed by atoms with Crippen molar-refractivity contribution in [1.29, 1.82) is 0 Å². The maximum absolute atomic E-state index is 5.65. The van der Waals surface area contributed by atoms with Crippen molar-refractivity contribution in [3.63, 3.8) is 0 Å². The molecule has 0 aliphatic rings. The van der Waals surface area contributed by atoms with Crippen molar-refractivity contribution in [3.8, 4) is 45.0 Å². The summed E-state index contributed by atoms with van der Waals surface area (Å²) in [6.45, 7) is 3.95. The van der Waals surface area contributed by atoms with Crippen LogP contribution in [0, 0.1) is 13.8 Å². The Morgan fingerprint density at radius 1 is 0.435 bits per heavy atom. The van der Waals surface area contributed by atoms with Crippen LogP contribution in [0.5, 0.6) is 0 Å². The number of pyridine rings is 4. The monoisotopic (exact) mass is 842 g/mol. The average molecular weight is 843 g/mol. The maximum Gasteiger partial charge on any atom is 0.198 e. The molecule has 10 rings (SSSR count).